The van der Waals surface area contributed by atoms with Crippen LogP contribution in [0, 0.1) is 0 Å². The highest BCUT2D eigenvalue weighted by Gasteiger charge is 2.32. The summed E-state index contributed by atoms with van der Waals surface area (Å²) in [5.74, 6) is 0. The number of hydrogen-bond donors (Lipinski definition) is 2. The summed E-state index contributed by atoms with van der Waals surface area (Å²) in [7, 11) is -4.09. The molecule has 0 spiro atoms. The number of amides is 2. The molecule has 132 valence electrons. The molecule has 25 heavy (non-hydrogen) atoms. The monoisotopic (exact) mass is 371 g/mol. The zero-order valence-corrected chi connectivity index (χ0v) is 13.3. The van der Waals surface area contributed by atoms with Crippen molar-refractivity contribution >= 4 is 22.1 Å². The number of hydrazone groups is 1. The first-order valence-electron chi connectivity index (χ1n) is 6.72. The van der Waals surface area contributed by atoms with Gasteiger partial charge in [-0.3, -0.25) is 0 Å². The topological polar surface area (TPSA) is 102 Å². The lowest BCUT2D eigenvalue weighted by atomic mass is 10.1. The number of benzene rings is 2. The molecule has 0 radical (unpaired) electrons. The van der Waals surface area contributed by atoms with Crippen LogP contribution < -0.4 is 11.2 Å². The minimum atomic E-state index is -4.67. The van der Waals surface area contributed by atoms with Gasteiger partial charge in [-0.25, -0.2) is 18.6 Å². The van der Waals surface area contributed by atoms with Crippen LogP contribution in [0.1, 0.15) is 11.1 Å². The molecule has 0 bridgehead atoms. The van der Waals surface area contributed by atoms with E-state index in [2.05, 4.69) is 5.10 Å². The third-order valence-electron chi connectivity index (χ3n) is 3.06. The van der Waals surface area contributed by atoms with Gasteiger partial charge in [-0.15, -0.1) is 0 Å². The Kier molecular flexibility index (Phi) is 5.12. The molecular weight excluding hydrogens is 359 g/mol. The number of alkyl halides is 3. The molecule has 0 aliphatic heterocycles. The molecule has 0 saturated heterocycles. The average molecular weight is 371 g/mol. The fraction of sp³-hybridized carbons (Fsp3) is 0.0667. The van der Waals surface area contributed by atoms with E-state index in [1.165, 1.54) is 24.3 Å². The second-order valence-corrected chi connectivity index (χ2v) is 6.72. The number of hydrogen-bond acceptors (Lipinski definition) is 4. The van der Waals surface area contributed by atoms with Crippen LogP contribution in [0.2, 0.25) is 0 Å². The van der Waals surface area contributed by atoms with Crippen LogP contribution in [0.5, 0.6) is 0 Å². The molecule has 0 heterocycles. The minimum Gasteiger partial charge on any atom is -0.350 e. The van der Waals surface area contributed by atoms with E-state index < -0.39 is 27.6 Å². The van der Waals surface area contributed by atoms with Crippen molar-refractivity contribution in [1.82, 2.24) is 5.43 Å². The van der Waals surface area contributed by atoms with E-state index in [0.29, 0.717) is 12.1 Å². The maximum absolute atomic E-state index is 12.9. The second kappa shape index (κ2) is 6.93. The van der Waals surface area contributed by atoms with Crippen LogP contribution in [-0.4, -0.2) is 20.7 Å². The molecule has 0 saturated carbocycles. The summed E-state index contributed by atoms with van der Waals surface area (Å²) in [6.07, 6.45) is -3.88. The Labute approximate surface area is 141 Å². The Hall–Kier alpha value is -2.88. The van der Waals surface area contributed by atoms with E-state index in [9.17, 15) is 26.4 Å². The third kappa shape index (κ3) is 4.35. The predicted octanol–water partition coefficient (Wildman–Crippen LogP) is 2.54. The third-order valence-corrected chi connectivity index (χ3v) is 4.90. The number of carbonyl (C=O) groups is 1. The van der Waals surface area contributed by atoms with E-state index in [4.69, 9.17) is 5.73 Å². The summed E-state index contributed by atoms with van der Waals surface area (Å²) in [6, 6.07) is 8.29. The molecule has 0 aromatic heterocycles. The summed E-state index contributed by atoms with van der Waals surface area (Å²) in [5.41, 5.74) is 5.22. The van der Waals surface area contributed by atoms with Gasteiger partial charge in [-0.2, -0.15) is 18.3 Å². The fourth-order valence-electron chi connectivity index (χ4n) is 1.96. The van der Waals surface area contributed by atoms with E-state index in [-0.39, 0.29) is 15.4 Å². The van der Waals surface area contributed by atoms with Crippen LogP contribution in [-0.2, 0) is 16.0 Å². The van der Waals surface area contributed by atoms with Crippen molar-refractivity contribution in [3.63, 3.8) is 0 Å². The highest BCUT2D eigenvalue weighted by Crippen LogP contribution is 2.32. The summed E-state index contributed by atoms with van der Waals surface area (Å²) in [5, 5.41) is 3.35. The SMILES string of the molecule is NC(=O)NN=Cc1cc(C(F)(F)F)ccc1S(=O)(=O)c1ccccc1. The molecule has 0 aliphatic carbocycles. The summed E-state index contributed by atoms with van der Waals surface area (Å²) in [6.45, 7) is 0. The molecule has 2 amide bonds. The van der Waals surface area contributed by atoms with Crippen molar-refractivity contribution in [2.24, 2.45) is 10.8 Å². The number of carbonyl (C=O) groups excluding carboxylic acids is 1. The van der Waals surface area contributed by atoms with Crippen LogP contribution in [0.15, 0.2) is 63.4 Å². The van der Waals surface area contributed by atoms with Crippen LogP contribution >= 0.6 is 0 Å². The molecule has 0 unspecified atom stereocenters. The molecular formula is C15H12F3N3O3S. The van der Waals surface area contributed by atoms with Gasteiger partial charge in [-0.1, -0.05) is 18.2 Å². The van der Waals surface area contributed by atoms with Crippen LogP contribution in [0.4, 0.5) is 18.0 Å². The number of nitrogens with zero attached hydrogens (tertiary/aromatic N) is 1. The highest BCUT2D eigenvalue weighted by atomic mass is 32.2. The predicted molar refractivity (Wildman–Crippen MR) is 83.7 cm³/mol. The van der Waals surface area contributed by atoms with Gasteiger partial charge in [0.15, 0.2) is 0 Å². The number of sulfone groups is 1. The maximum Gasteiger partial charge on any atom is 0.416 e. The zero-order chi connectivity index (χ0) is 18.7. The van der Waals surface area contributed by atoms with Gasteiger partial charge in [0.05, 0.1) is 21.6 Å². The van der Waals surface area contributed by atoms with Crippen molar-refractivity contribution < 1.29 is 26.4 Å². The van der Waals surface area contributed by atoms with E-state index >= 15 is 0 Å². The van der Waals surface area contributed by atoms with Crippen molar-refractivity contribution in [3.8, 4) is 0 Å². The summed E-state index contributed by atoms with van der Waals surface area (Å²) >= 11 is 0. The molecule has 0 fully saturated rings. The molecule has 0 atom stereocenters. The molecule has 2 rings (SSSR count). The maximum atomic E-state index is 12.9. The highest BCUT2D eigenvalue weighted by molar-refractivity contribution is 7.91. The summed E-state index contributed by atoms with van der Waals surface area (Å²) in [4.78, 5) is 10.1. The average Bonchev–Trinajstić information content (AvgIpc) is 2.54. The van der Waals surface area contributed by atoms with Crippen LogP contribution in [0.3, 0.4) is 0 Å². The number of rotatable bonds is 4. The lowest BCUT2D eigenvalue weighted by molar-refractivity contribution is -0.137. The molecule has 0 aliphatic rings. The molecule has 2 aromatic carbocycles. The Morgan fingerprint density at radius 3 is 2.32 bits per heavy atom. The Bertz CT molecular complexity index is 911. The largest absolute Gasteiger partial charge is 0.416 e. The molecule has 6 nitrogen and oxygen atoms in total. The number of nitrogens with one attached hydrogen (secondary N) is 1. The smallest absolute Gasteiger partial charge is 0.350 e. The number of nitrogens with two attached hydrogens (primary N) is 1. The molecule has 10 heteroatoms. The first-order valence-corrected chi connectivity index (χ1v) is 8.20. The van der Waals surface area contributed by atoms with E-state index in [1.807, 2.05) is 0 Å². The number of halogens is 3. The molecule has 2 aromatic rings. The first kappa shape index (κ1) is 18.5. The standard InChI is InChI=1S/C15H12F3N3O3S/c16-15(17,18)11-6-7-13(10(8-11)9-20-21-14(19)22)25(23,24)12-4-2-1-3-5-12/h1-9H,(H3,19,21,22). The van der Waals surface area contributed by atoms with Crippen LogP contribution in [0.25, 0.3) is 0 Å². The normalized spacial score (nSPS) is 12.3. The molecule has 3 N–H and O–H groups in total. The van der Waals surface area contributed by atoms with Gasteiger partial charge in [-0.05, 0) is 30.3 Å². The quantitative estimate of drug-likeness (QED) is 0.638. The van der Waals surface area contributed by atoms with Crippen molar-refractivity contribution in [3.05, 3.63) is 59.7 Å². The number of primary amides is 1. The minimum absolute atomic E-state index is 0.0905. The zero-order valence-electron chi connectivity index (χ0n) is 12.5. The Morgan fingerprint density at radius 1 is 1.12 bits per heavy atom. The lowest BCUT2D eigenvalue weighted by Crippen LogP contribution is -2.24. The van der Waals surface area contributed by atoms with Gasteiger partial charge in [0.1, 0.15) is 0 Å². The van der Waals surface area contributed by atoms with Gasteiger partial charge >= 0.3 is 12.2 Å². The van der Waals surface area contributed by atoms with Gasteiger partial charge < -0.3 is 5.73 Å². The first-order chi connectivity index (χ1) is 11.6. The number of urea groups is 1. The van der Waals surface area contributed by atoms with Gasteiger partial charge in [0, 0.05) is 5.56 Å². The van der Waals surface area contributed by atoms with Crippen molar-refractivity contribution in [2.45, 2.75) is 16.0 Å². The van der Waals surface area contributed by atoms with Gasteiger partial charge in [0.25, 0.3) is 0 Å². The van der Waals surface area contributed by atoms with E-state index in [1.54, 1.807) is 11.5 Å². The second-order valence-electron chi connectivity index (χ2n) is 4.80. The van der Waals surface area contributed by atoms with E-state index in [0.717, 1.165) is 12.3 Å². The van der Waals surface area contributed by atoms with Crippen molar-refractivity contribution in [1.29, 1.82) is 0 Å². The van der Waals surface area contributed by atoms with Crippen molar-refractivity contribution in [2.75, 3.05) is 0 Å². The Morgan fingerprint density at radius 2 is 1.76 bits per heavy atom. The fourth-order valence-corrected chi connectivity index (χ4v) is 3.40. The van der Waals surface area contributed by atoms with Gasteiger partial charge in [0.2, 0.25) is 9.84 Å². The summed E-state index contributed by atoms with van der Waals surface area (Å²) < 4.78 is 64.0. The lowest BCUT2D eigenvalue weighted by Gasteiger charge is -2.12. The Balaban J connectivity index is 2.60.